The van der Waals surface area contributed by atoms with Crippen molar-refractivity contribution in [1.82, 2.24) is 14.9 Å². The average molecular weight is 261 g/mol. The Kier molecular flexibility index (Phi) is 3.74. The Morgan fingerprint density at radius 1 is 1.47 bits per heavy atom. The summed E-state index contributed by atoms with van der Waals surface area (Å²) in [6.07, 6.45) is 5.13. The molecule has 0 aromatic carbocycles. The third-order valence-electron chi connectivity index (χ3n) is 3.19. The number of nitrogens with one attached hydrogen (secondary N) is 1. The molecule has 102 valence electrons. The van der Waals surface area contributed by atoms with Crippen LogP contribution in [0.15, 0.2) is 29.1 Å². The van der Waals surface area contributed by atoms with Gasteiger partial charge in [0.05, 0.1) is 17.9 Å². The predicted octanol–water partition coefficient (Wildman–Crippen LogP) is 2.45. The monoisotopic (exact) mass is 261 g/mol. The van der Waals surface area contributed by atoms with Crippen LogP contribution >= 0.6 is 0 Å². The normalized spacial score (nSPS) is 12.7. The van der Waals surface area contributed by atoms with Crippen molar-refractivity contribution < 1.29 is 9.21 Å². The minimum absolute atomic E-state index is 0.123. The van der Waals surface area contributed by atoms with Gasteiger partial charge in [0, 0.05) is 19.4 Å². The Morgan fingerprint density at radius 3 is 2.68 bits per heavy atom. The molecule has 0 radical (unpaired) electrons. The zero-order valence-electron chi connectivity index (χ0n) is 11.7. The number of amides is 1. The quantitative estimate of drug-likeness (QED) is 0.919. The van der Waals surface area contributed by atoms with E-state index >= 15 is 0 Å². The largest absolute Gasteiger partial charge is 0.469 e. The maximum Gasteiger partial charge on any atom is 0.255 e. The van der Waals surface area contributed by atoms with Crippen LogP contribution in [0.25, 0.3) is 0 Å². The van der Waals surface area contributed by atoms with E-state index < -0.39 is 0 Å². The van der Waals surface area contributed by atoms with Crippen LogP contribution in [0.4, 0.5) is 0 Å². The van der Waals surface area contributed by atoms with Gasteiger partial charge in [0.1, 0.15) is 11.6 Å². The molecular formula is C14H19N3O2. The highest BCUT2D eigenvalue weighted by atomic mass is 16.3. The van der Waals surface area contributed by atoms with E-state index in [1.807, 2.05) is 17.8 Å². The number of nitrogens with zero attached hydrogens (tertiary/aromatic N) is 2. The minimum atomic E-state index is -0.132. The summed E-state index contributed by atoms with van der Waals surface area (Å²) >= 11 is 0. The lowest BCUT2D eigenvalue weighted by atomic mass is 10.0. The van der Waals surface area contributed by atoms with Gasteiger partial charge in [-0.05, 0) is 18.9 Å². The Morgan fingerprint density at radius 2 is 2.21 bits per heavy atom. The number of imidazole rings is 1. The van der Waals surface area contributed by atoms with Crippen LogP contribution in [-0.2, 0) is 7.05 Å². The fourth-order valence-electron chi connectivity index (χ4n) is 2.05. The highest BCUT2D eigenvalue weighted by Crippen LogP contribution is 2.21. The molecule has 5 heteroatoms. The van der Waals surface area contributed by atoms with Crippen molar-refractivity contribution in [2.24, 2.45) is 13.0 Å². The van der Waals surface area contributed by atoms with Gasteiger partial charge in [0.25, 0.3) is 5.91 Å². The first-order valence-corrected chi connectivity index (χ1v) is 6.33. The molecule has 2 rings (SSSR count). The van der Waals surface area contributed by atoms with E-state index in [4.69, 9.17) is 4.42 Å². The summed E-state index contributed by atoms with van der Waals surface area (Å²) in [6, 6.07) is 1.56. The van der Waals surface area contributed by atoms with Gasteiger partial charge in [-0.25, -0.2) is 4.98 Å². The number of hydrogen-bond donors (Lipinski definition) is 1. The van der Waals surface area contributed by atoms with Gasteiger partial charge < -0.3 is 14.3 Å². The van der Waals surface area contributed by atoms with Crippen molar-refractivity contribution in [3.8, 4) is 0 Å². The highest BCUT2D eigenvalue weighted by molar-refractivity contribution is 5.95. The molecule has 2 aromatic rings. The third-order valence-corrected chi connectivity index (χ3v) is 3.19. The van der Waals surface area contributed by atoms with Gasteiger partial charge in [0.2, 0.25) is 0 Å². The minimum Gasteiger partial charge on any atom is -0.469 e. The van der Waals surface area contributed by atoms with Crippen LogP contribution in [0.2, 0.25) is 0 Å². The predicted molar refractivity (Wildman–Crippen MR) is 71.7 cm³/mol. The number of hydrogen-bond acceptors (Lipinski definition) is 3. The fourth-order valence-corrected chi connectivity index (χ4v) is 2.05. The van der Waals surface area contributed by atoms with Crippen LogP contribution < -0.4 is 5.32 Å². The average Bonchev–Trinajstić information content (AvgIpc) is 2.94. The van der Waals surface area contributed by atoms with Crippen molar-refractivity contribution in [2.75, 3.05) is 0 Å². The van der Waals surface area contributed by atoms with Gasteiger partial charge in [-0.15, -0.1) is 0 Å². The zero-order chi connectivity index (χ0) is 14.0. The maximum atomic E-state index is 12.2. The molecule has 2 aromatic heterocycles. The second kappa shape index (κ2) is 5.30. The molecule has 0 aliphatic heterocycles. The highest BCUT2D eigenvalue weighted by Gasteiger charge is 2.23. The molecule has 0 bridgehead atoms. The number of carbonyl (C=O) groups is 1. The van der Waals surface area contributed by atoms with E-state index in [2.05, 4.69) is 24.1 Å². The molecule has 1 atom stereocenters. The molecule has 0 fully saturated rings. The Balaban J connectivity index is 2.21. The third kappa shape index (κ3) is 2.70. The van der Waals surface area contributed by atoms with Gasteiger partial charge in [-0.1, -0.05) is 13.8 Å². The first-order valence-electron chi connectivity index (χ1n) is 6.33. The van der Waals surface area contributed by atoms with E-state index in [1.165, 1.54) is 6.26 Å². The standard InChI is InChI=1S/C14H19N3O2/c1-9(2)12(13-15-6-7-17(13)4)16-14(18)11-5-8-19-10(11)3/h5-9,12H,1-4H3,(H,16,18). The lowest BCUT2D eigenvalue weighted by Crippen LogP contribution is -2.33. The molecule has 19 heavy (non-hydrogen) atoms. The van der Waals surface area contributed by atoms with Crippen LogP contribution in [0.1, 0.15) is 41.8 Å². The SMILES string of the molecule is Cc1occc1C(=O)NC(c1nccn1C)C(C)C. The van der Waals surface area contributed by atoms with Crippen LogP contribution in [0.5, 0.6) is 0 Å². The van der Waals surface area contributed by atoms with E-state index in [0.29, 0.717) is 11.3 Å². The van der Waals surface area contributed by atoms with Crippen molar-refractivity contribution >= 4 is 5.91 Å². The van der Waals surface area contributed by atoms with Gasteiger partial charge in [-0.2, -0.15) is 0 Å². The summed E-state index contributed by atoms with van der Waals surface area (Å²) in [7, 11) is 1.92. The summed E-state index contributed by atoms with van der Waals surface area (Å²) in [5.74, 6) is 1.59. The number of rotatable bonds is 4. The smallest absolute Gasteiger partial charge is 0.255 e. The summed E-state index contributed by atoms with van der Waals surface area (Å²) in [5.41, 5.74) is 0.569. The number of carbonyl (C=O) groups excluding carboxylic acids is 1. The van der Waals surface area contributed by atoms with Gasteiger partial charge in [0.15, 0.2) is 0 Å². The van der Waals surface area contributed by atoms with Crippen molar-refractivity contribution in [3.05, 3.63) is 41.9 Å². The van der Waals surface area contributed by atoms with E-state index in [9.17, 15) is 4.79 Å². The number of aryl methyl sites for hydroxylation is 2. The Bertz CT molecular complexity index is 569. The molecule has 5 nitrogen and oxygen atoms in total. The van der Waals surface area contributed by atoms with E-state index in [0.717, 1.165) is 5.82 Å². The first-order chi connectivity index (χ1) is 9.00. The molecule has 0 saturated heterocycles. The molecule has 0 aliphatic carbocycles. The molecule has 0 spiro atoms. The topological polar surface area (TPSA) is 60.1 Å². The summed E-state index contributed by atoms with van der Waals surface area (Å²) in [5, 5.41) is 3.02. The molecule has 2 heterocycles. The summed E-state index contributed by atoms with van der Waals surface area (Å²) in [6.45, 7) is 5.89. The first kappa shape index (κ1) is 13.4. The lowest BCUT2D eigenvalue weighted by Gasteiger charge is -2.21. The molecule has 0 saturated carbocycles. The van der Waals surface area contributed by atoms with Gasteiger partial charge >= 0.3 is 0 Å². The zero-order valence-corrected chi connectivity index (χ0v) is 11.7. The van der Waals surface area contributed by atoms with Crippen LogP contribution in [-0.4, -0.2) is 15.5 Å². The molecule has 1 N–H and O–H groups in total. The Labute approximate surface area is 112 Å². The lowest BCUT2D eigenvalue weighted by molar-refractivity contribution is 0.0921. The summed E-state index contributed by atoms with van der Waals surface area (Å²) in [4.78, 5) is 16.6. The van der Waals surface area contributed by atoms with E-state index in [1.54, 1.807) is 19.2 Å². The maximum absolute atomic E-state index is 12.2. The van der Waals surface area contributed by atoms with E-state index in [-0.39, 0.29) is 17.9 Å². The fraction of sp³-hybridized carbons (Fsp3) is 0.429. The van der Waals surface area contributed by atoms with Crippen molar-refractivity contribution in [1.29, 1.82) is 0 Å². The van der Waals surface area contributed by atoms with Crippen molar-refractivity contribution in [3.63, 3.8) is 0 Å². The molecule has 1 amide bonds. The van der Waals surface area contributed by atoms with Gasteiger partial charge in [-0.3, -0.25) is 4.79 Å². The summed E-state index contributed by atoms with van der Waals surface area (Å²) < 4.78 is 7.08. The van der Waals surface area contributed by atoms with Crippen molar-refractivity contribution in [2.45, 2.75) is 26.8 Å². The molecular weight excluding hydrogens is 242 g/mol. The second-order valence-corrected chi connectivity index (χ2v) is 4.98. The van der Waals surface area contributed by atoms with Crippen LogP contribution in [0.3, 0.4) is 0 Å². The number of aromatic nitrogens is 2. The Hall–Kier alpha value is -2.04. The molecule has 0 aliphatic rings. The second-order valence-electron chi connectivity index (χ2n) is 4.98. The van der Waals surface area contributed by atoms with Crippen LogP contribution in [0, 0.1) is 12.8 Å². The molecule has 1 unspecified atom stereocenters. The number of furan rings is 1.